The Morgan fingerprint density at radius 3 is 1.74 bits per heavy atom. The lowest BCUT2D eigenvalue weighted by molar-refractivity contribution is 1.18. The van der Waals surface area contributed by atoms with Gasteiger partial charge in [0.25, 0.3) is 0 Å². The van der Waals surface area contributed by atoms with E-state index in [0.717, 1.165) is 66.5 Å². The summed E-state index contributed by atoms with van der Waals surface area (Å²) in [7, 11) is 0. The number of hydrogen-bond donors (Lipinski definition) is 0. The molecule has 0 aliphatic carbocycles. The van der Waals surface area contributed by atoms with E-state index in [1.165, 1.54) is 10.8 Å². The maximum absolute atomic E-state index is 9.96. The Labute approximate surface area is 287 Å². The molecule has 5 heteroatoms. The molecule has 7 aromatic carbocycles. The summed E-state index contributed by atoms with van der Waals surface area (Å²) < 4.78 is 4.47. The Morgan fingerprint density at radius 1 is 0.400 bits per heavy atom. The van der Waals surface area contributed by atoms with Crippen molar-refractivity contribution in [3.05, 3.63) is 168 Å². The van der Waals surface area contributed by atoms with Gasteiger partial charge in [-0.1, -0.05) is 78.9 Å². The van der Waals surface area contributed by atoms with Crippen LogP contribution in [-0.4, -0.2) is 9.13 Å². The lowest BCUT2D eigenvalue weighted by Crippen LogP contribution is -1.98. The van der Waals surface area contributed by atoms with Crippen molar-refractivity contribution in [2.24, 2.45) is 0 Å². The van der Waals surface area contributed by atoms with E-state index >= 15 is 0 Å². The molecule has 9 rings (SSSR count). The molecule has 2 aromatic heterocycles. The largest absolute Gasteiger partial charge is 0.309 e. The molecule has 0 bridgehead atoms. The van der Waals surface area contributed by atoms with E-state index in [1.807, 2.05) is 48.5 Å². The van der Waals surface area contributed by atoms with Crippen LogP contribution in [0.1, 0.15) is 16.7 Å². The van der Waals surface area contributed by atoms with E-state index in [-0.39, 0.29) is 0 Å². The highest BCUT2D eigenvalue weighted by Gasteiger charge is 2.19. The van der Waals surface area contributed by atoms with Gasteiger partial charge in [0.05, 0.1) is 62.7 Å². The summed E-state index contributed by atoms with van der Waals surface area (Å²) in [6.07, 6.45) is 0. The fourth-order valence-corrected chi connectivity index (χ4v) is 7.47. The molecule has 0 spiro atoms. The second-order valence-electron chi connectivity index (χ2n) is 12.3. The number of benzene rings is 7. The van der Waals surface area contributed by atoms with Gasteiger partial charge in [-0.3, -0.25) is 0 Å². The molecular formula is C45H25N5. The molecule has 0 atom stereocenters. The van der Waals surface area contributed by atoms with E-state index in [9.17, 15) is 15.8 Å². The van der Waals surface area contributed by atoms with Crippen molar-refractivity contribution in [2.45, 2.75) is 0 Å². The Bertz CT molecular complexity index is 2900. The van der Waals surface area contributed by atoms with Gasteiger partial charge < -0.3 is 9.13 Å². The number of rotatable bonds is 4. The number of hydrogen-bond acceptors (Lipinski definition) is 3. The molecule has 0 saturated heterocycles. The third-order valence-corrected chi connectivity index (χ3v) is 9.64. The Morgan fingerprint density at radius 2 is 1.02 bits per heavy atom. The second kappa shape index (κ2) is 11.4. The first kappa shape index (κ1) is 28.8. The van der Waals surface area contributed by atoms with Crippen LogP contribution in [0.25, 0.3) is 77.2 Å². The van der Waals surface area contributed by atoms with Crippen molar-refractivity contribution < 1.29 is 0 Å². The quantitative estimate of drug-likeness (QED) is 0.193. The maximum Gasteiger partial charge on any atom is 0.0998 e. The Hall–Kier alpha value is -7.39. The summed E-state index contributed by atoms with van der Waals surface area (Å²) >= 11 is 0. The minimum atomic E-state index is 0.547. The molecule has 0 fully saturated rings. The summed E-state index contributed by atoms with van der Waals surface area (Å²) in [5, 5.41) is 33.6. The number of aromatic nitrogens is 2. The monoisotopic (exact) mass is 635 g/mol. The number of para-hydroxylation sites is 3. The summed E-state index contributed by atoms with van der Waals surface area (Å²) in [4.78, 5) is 0. The molecule has 0 N–H and O–H groups in total. The molecule has 0 amide bonds. The molecule has 9 aromatic rings. The molecule has 0 radical (unpaired) electrons. The third kappa shape index (κ3) is 4.31. The minimum Gasteiger partial charge on any atom is -0.309 e. The van der Waals surface area contributed by atoms with Crippen LogP contribution in [0.5, 0.6) is 0 Å². The summed E-state index contributed by atoms with van der Waals surface area (Å²) in [6, 6.07) is 57.9. The van der Waals surface area contributed by atoms with Crippen LogP contribution < -0.4 is 0 Å². The van der Waals surface area contributed by atoms with E-state index < -0.39 is 0 Å². The highest BCUT2D eigenvalue weighted by molar-refractivity contribution is 6.12. The molecular weight excluding hydrogens is 611 g/mol. The summed E-state index contributed by atoms with van der Waals surface area (Å²) in [5.74, 6) is 0. The zero-order valence-corrected chi connectivity index (χ0v) is 26.7. The number of nitriles is 3. The molecule has 0 saturated carbocycles. The van der Waals surface area contributed by atoms with Crippen molar-refractivity contribution >= 4 is 43.6 Å². The van der Waals surface area contributed by atoms with Crippen LogP contribution in [-0.2, 0) is 0 Å². The highest BCUT2D eigenvalue weighted by atomic mass is 15.0. The van der Waals surface area contributed by atoms with Crippen molar-refractivity contribution in [2.75, 3.05) is 0 Å². The highest BCUT2D eigenvalue weighted by Crippen LogP contribution is 2.41. The minimum absolute atomic E-state index is 0.547. The van der Waals surface area contributed by atoms with E-state index in [4.69, 9.17) is 0 Å². The van der Waals surface area contributed by atoms with Gasteiger partial charge in [-0.2, -0.15) is 15.8 Å². The summed E-state index contributed by atoms with van der Waals surface area (Å²) in [5.41, 5.74) is 11.8. The van der Waals surface area contributed by atoms with Crippen molar-refractivity contribution in [1.82, 2.24) is 9.13 Å². The average Bonchev–Trinajstić information content (AvgIpc) is 3.70. The van der Waals surface area contributed by atoms with E-state index in [1.54, 1.807) is 0 Å². The molecule has 5 nitrogen and oxygen atoms in total. The second-order valence-corrected chi connectivity index (χ2v) is 12.3. The fourth-order valence-electron chi connectivity index (χ4n) is 7.47. The fraction of sp³-hybridized carbons (Fsp3) is 0. The molecule has 2 heterocycles. The lowest BCUT2D eigenvalue weighted by Gasteiger charge is -2.17. The van der Waals surface area contributed by atoms with Crippen LogP contribution in [0.3, 0.4) is 0 Å². The predicted molar refractivity (Wildman–Crippen MR) is 200 cm³/mol. The standard InChI is InChI=1S/C45H25N5/c46-26-29-16-22-34(35-9-1-4-12-40(35)50-41-13-5-2-10-36(41)37-11-3-6-14-42(37)50)38(24-29)31-18-20-33(21-19-31)49-43-23-17-30(27-47)25-39(43)45-32(28-48)8-7-15-44(45)49/h1-25H. The van der Waals surface area contributed by atoms with Gasteiger partial charge in [0, 0.05) is 32.8 Å². The molecule has 0 aliphatic heterocycles. The predicted octanol–water partition coefficient (Wildman–Crippen LogP) is 10.8. The van der Waals surface area contributed by atoms with Gasteiger partial charge in [0.15, 0.2) is 0 Å². The van der Waals surface area contributed by atoms with Crippen LogP contribution in [0.4, 0.5) is 0 Å². The first-order chi connectivity index (χ1) is 24.7. The first-order valence-corrected chi connectivity index (χ1v) is 16.3. The van der Waals surface area contributed by atoms with Crippen molar-refractivity contribution in [3.8, 4) is 51.8 Å². The van der Waals surface area contributed by atoms with Crippen molar-refractivity contribution in [3.63, 3.8) is 0 Å². The SMILES string of the molecule is N#Cc1ccc(-c2ccccc2-n2c3ccccc3c3ccccc32)c(-c2ccc(-n3c4ccc(C#N)cc4c4c(C#N)cccc43)cc2)c1. The number of nitrogens with zero attached hydrogens (tertiary/aromatic N) is 5. The smallest absolute Gasteiger partial charge is 0.0998 e. The molecule has 50 heavy (non-hydrogen) atoms. The van der Waals surface area contributed by atoms with Gasteiger partial charge in [0.1, 0.15) is 0 Å². The van der Waals surface area contributed by atoms with Gasteiger partial charge in [-0.25, -0.2) is 0 Å². The topological polar surface area (TPSA) is 81.2 Å². The van der Waals surface area contributed by atoms with Crippen LogP contribution >= 0.6 is 0 Å². The van der Waals surface area contributed by atoms with Crippen molar-refractivity contribution in [1.29, 1.82) is 15.8 Å². The van der Waals surface area contributed by atoms with E-state index in [2.05, 4.69) is 130 Å². The Balaban J connectivity index is 1.24. The first-order valence-electron chi connectivity index (χ1n) is 16.3. The molecule has 0 aliphatic rings. The Kier molecular flexibility index (Phi) is 6.56. The third-order valence-electron chi connectivity index (χ3n) is 9.64. The van der Waals surface area contributed by atoms with Crippen LogP contribution in [0.15, 0.2) is 152 Å². The summed E-state index contributed by atoms with van der Waals surface area (Å²) in [6.45, 7) is 0. The lowest BCUT2D eigenvalue weighted by atomic mass is 9.92. The zero-order chi connectivity index (χ0) is 33.8. The zero-order valence-electron chi connectivity index (χ0n) is 26.7. The molecule has 0 unspecified atom stereocenters. The normalized spacial score (nSPS) is 11.1. The van der Waals surface area contributed by atoms with Crippen LogP contribution in [0, 0.1) is 34.0 Å². The average molecular weight is 636 g/mol. The van der Waals surface area contributed by atoms with Gasteiger partial charge in [-0.15, -0.1) is 0 Å². The maximum atomic E-state index is 9.96. The van der Waals surface area contributed by atoms with E-state index in [0.29, 0.717) is 16.7 Å². The number of fused-ring (bicyclic) bond motifs is 6. The van der Waals surface area contributed by atoms with Gasteiger partial charge in [0.2, 0.25) is 0 Å². The van der Waals surface area contributed by atoms with Crippen LogP contribution in [0.2, 0.25) is 0 Å². The van der Waals surface area contributed by atoms with Gasteiger partial charge >= 0.3 is 0 Å². The van der Waals surface area contributed by atoms with Gasteiger partial charge in [-0.05, 0) is 89.5 Å². The molecule has 230 valence electrons.